The minimum Gasteiger partial charge on any atom is -0.329 e. The second-order valence-electron chi connectivity index (χ2n) is 7.30. The number of carbonyl (C=O) groups is 1. The van der Waals surface area contributed by atoms with Crippen molar-refractivity contribution in [1.82, 2.24) is 4.90 Å². The Morgan fingerprint density at radius 1 is 1.15 bits per heavy atom. The molecule has 3 N–H and O–H groups in total. The van der Waals surface area contributed by atoms with Crippen LogP contribution in [-0.2, 0) is 11.3 Å². The van der Waals surface area contributed by atoms with E-state index < -0.39 is 5.41 Å². The van der Waals surface area contributed by atoms with E-state index in [4.69, 9.17) is 5.73 Å². The molecule has 4 nitrogen and oxygen atoms in total. The Kier molecular flexibility index (Phi) is 11.4. The maximum Gasteiger partial charge on any atom is 0.231 e. The van der Waals surface area contributed by atoms with E-state index in [1.165, 1.54) is 31.5 Å². The maximum atomic E-state index is 12.6. The van der Waals surface area contributed by atoms with Gasteiger partial charge in [0, 0.05) is 18.8 Å². The van der Waals surface area contributed by atoms with Gasteiger partial charge in [-0.05, 0) is 62.4 Å². The molecule has 0 unspecified atom stereocenters. The van der Waals surface area contributed by atoms with Gasteiger partial charge in [-0.2, -0.15) is 0 Å². The first-order chi connectivity index (χ1) is 11.5. The third kappa shape index (κ3) is 6.41. The van der Waals surface area contributed by atoms with Crippen LogP contribution in [0.1, 0.15) is 52.0 Å². The Hall–Kier alpha value is -0.810. The van der Waals surface area contributed by atoms with Crippen LogP contribution in [-0.4, -0.2) is 30.4 Å². The fourth-order valence-corrected chi connectivity index (χ4v) is 3.39. The van der Waals surface area contributed by atoms with Gasteiger partial charge in [-0.15, -0.1) is 24.8 Å². The summed E-state index contributed by atoms with van der Waals surface area (Å²) in [6.07, 6.45) is 4.11. The van der Waals surface area contributed by atoms with Crippen molar-refractivity contribution in [2.24, 2.45) is 17.1 Å². The highest BCUT2D eigenvalue weighted by atomic mass is 35.5. The van der Waals surface area contributed by atoms with E-state index in [1.54, 1.807) is 0 Å². The number of benzene rings is 1. The van der Waals surface area contributed by atoms with E-state index in [2.05, 4.69) is 29.3 Å². The normalized spacial score (nSPS) is 15.7. The monoisotopic (exact) mass is 403 g/mol. The van der Waals surface area contributed by atoms with E-state index in [-0.39, 0.29) is 30.7 Å². The van der Waals surface area contributed by atoms with Gasteiger partial charge in [0.1, 0.15) is 0 Å². The van der Waals surface area contributed by atoms with Gasteiger partial charge in [-0.1, -0.05) is 32.9 Å². The molecule has 1 amide bonds. The van der Waals surface area contributed by atoms with Crippen LogP contribution in [0.25, 0.3) is 0 Å². The third-order valence-corrected chi connectivity index (χ3v) is 5.72. The quantitative estimate of drug-likeness (QED) is 0.705. The molecule has 1 aliphatic heterocycles. The van der Waals surface area contributed by atoms with Crippen molar-refractivity contribution in [2.75, 3.05) is 25.0 Å². The molecule has 0 bridgehead atoms. The van der Waals surface area contributed by atoms with Gasteiger partial charge in [0.25, 0.3) is 0 Å². The smallest absolute Gasteiger partial charge is 0.231 e. The number of carbonyl (C=O) groups excluding carboxylic acids is 1. The van der Waals surface area contributed by atoms with Crippen LogP contribution < -0.4 is 11.1 Å². The summed E-state index contributed by atoms with van der Waals surface area (Å²) in [5, 5.41) is 3.04. The number of nitrogens with zero attached hydrogens (tertiary/aromatic N) is 1. The number of halogens is 2. The molecule has 1 aliphatic rings. The Morgan fingerprint density at radius 3 is 2.15 bits per heavy atom. The molecule has 0 aliphatic carbocycles. The molecule has 0 radical (unpaired) electrons. The Labute approximate surface area is 171 Å². The highest BCUT2D eigenvalue weighted by Gasteiger charge is 2.33. The summed E-state index contributed by atoms with van der Waals surface area (Å²) < 4.78 is 0. The number of anilines is 1. The summed E-state index contributed by atoms with van der Waals surface area (Å²) in [6, 6.07) is 8.25. The van der Waals surface area contributed by atoms with Crippen LogP contribution in [0.2, 0.25) is 0 Å². The zero-order valence-electron chi connectivity index (χ0n) is 16.3. The fraction of sp³-hybridized carbons (Fsp3) is 0.650. The zero-order chi connectivity index (χ0) is 17.6. The third-order valence-electron chi connectivity index (χ3n) is 5.72. The molecular formula is C20H35Cl2N3O. The summed E-state index contributed by atoms with van der Waals surface area (Å²) in [4.78, 5) is 15.1. The topological polar surface area (TPSA) is 58.4 Å². The first-order valence-electron chi connectivity index (χ1n) is 9.35. The van der Waals surface area contributed by atoms with Crippen molar-refractivity contribution >= 4 is 36.4 Å². The largest absolute Gasteiger partial charge is 0.329 e. The lowest BCUT2D eigenvalue weighted by atomic mass is 9.81. The van der Waals surface area contributed by atoms with Gasteiger partial charge in [0.05, 0.1) is 5.41 Å². The van der Waals surface area contributed by atoms with Gasteiger partial charge in [-0.25, -0.2) is 0 Å². The van der Waals surface area contributed by atoms with Gasteiger partial charge in [0.2, 0.25) is 5.91 Å². The molecule has 1 saturated heterocycles. The molecule has 0 spiro atoms. The molecule has 1 heterocycles. The van der Waals surface area contributed by atoms with E-state index >= 15 is 0 Å². The summed E-state index contributed by atoms with van der Waals surface area (Å²) >= 11 is 0. The average Bonchev–Trinajstić information content (AvgIpc) is 2.61. The molecule has 6 heteroatoms. The molecule has 26 heavy (non-hydrogen) atoms. The van der Waals surface area contributed by atoms with E-state index in [0.29, 0.717) is 6.54 Å². The van der Waals surface area contributed by atoms with Crippen molar-refractivity contribution in [3.05, 3.63) is 29.8 Å². The predicted molar refractivity (Wildman–Crippen MR) is 115 cm³/mol. The first-order valence-corrected chi connectivity index (χ1v) is 9.35. The summed E-state index contributed by atoms with van der Waals surface area (Å²) in [5.41, 5.74) is 7.56. The number of piperidine rings is 1. The highest BCUT2D eigenvalue weighted by molar-refractivity contribution is 5.95. The first kappa shape index (κ1) is 25.2. The lowest BCUT2D eigenvalue weighted by Gasteiger charge is -2.30. The SMILES string of the molecule is CCC(CC)(CN)C(=O)Nc1ccc(CN2CCC(C)CC2)cc1.Cl.Cl. The molecule has 2 rings (SSSR count). The minimum absolute atomic E-state index is 0. The number of hydrogen-bond donors (Lipinski definition) is 2. The van der Waals surface area contributed by atoms with Crippen molar-refractivity contribution < 1.29 is 4.79 Å². The van der Waals surface area contributed by atoms with Crippen LogP contribution >= 0.6 is 24.8 Å². The van der Waals surface area contributed by atoms with Gasteiger partial charge in [-0.3, -0.25) is 9.69 Å². The average molecular weight is 404 g/mol. The van der Waals surface area contributed by atoms with E-state index in [1.807, 2.05) is 26.0 Å². The molecule has 0 saturated carbocycles. The lowest BCUT2D eigenvalue weighted by Crippen LogP contribution is -2.41. The highest BCUT2D eigenvalue weighted by Crippen LogP contribution is 2.27. The Balaban J connectivity index is 0.00000312. The molecule has 1 fully saturated rings. The zero-order valence-corrected chi connectivity index (χ0v) is 17.9. The molecular weight excluding hydrogens is 369 g/mol. The second kappa shape index (κ2) is 11.8. The van der Waals surface area contributed by atoms with Gasteiger partial charge in [0.15, 0.2) is 0 Å². The Bertz CT molecular complexity index is 516. The predicted octanol–water partition coefficient (Wildman–Crippen LogP) is 4.47. The van der Waals surface area contributed by atoms with E-state index in [0.717, 1.165) is 31.0 Å². The second-order valence-corrected chi connectivity index (χ2v) is 7.30. The van der Waals surface area contributed by atoms with Crippen molar-refractivity contribution in [3.8, 4) is 0 Å². The number of likely N-dealkylation sites (tertiary alicyclic amines) is 1. The molecule has 1 aromatic carbocycles. The lowest BCUT2D eigenvalue weighted by molar-refractivity contribution is -0.125. The minimum atomic E-state index is -0.455. The number of amides is 1. The molecule has 150 valence electrons. The van der Waals surface area contributed by atoms with E-state index in [9.17, 15) is 4.79 Å². The number of nitrogens with one attached hydrogen (secondary N) is 1. The van der Waals surface area contributed by atoms with Crippen molar-refractivity contribution in [1.29, 1.82) is 0 Å². The summed E-state index contributed by atoms with van der Waals surface area (Å²) in [5.74, 6) is 0.895. The van der Waals surface area contributed by atoms with Crippen LogP contribution in [0.5, 0.6) is 0 Å². The van der Waals surface area contributed by atoms with Crippen LogP contribution in [0.4, 0.5) is 5.69 Å². The van der Waals surface area contributed by atoms with Crippen molar-refractivity contribution in [2.45, 2.75) is 53.0 Å². The number of hydrogen-bond acceptors (Lipinski definition) is 3. The fourth-order valence-electron chi connectivity index (χ4n) is 3.39. The maximum absolute atomic E-state index is 12.6. The van der Waals surface area contributed by atoms with Crippen LogP contribution in [0.3, 0.4) is 0 Å². The Morgan fingerprint density at radius 2 is 1.69 bits per heavy atom. The number of nitrogens with two attached hydrogens (primary N) is 1. The molecule has 0 atom stereocenters. The summed E-state index contributed by atoms with van der Waals surface area (Å²) in [7, 11) is 0. The molecule has 0 aromatic heterocycles. The number of rotatable bonds is 7. The molecule has 1 aromatic rings. The van der Waals surface area contributed by atoms with Crippen molar-refractivity contribution in [3.63, 3.8) is 0 Å². The van der Waals surface area contributed by atoms with Gasteiger partial charge >= 0.3 is 0 Å². The van der Waals surface area contributed by atoms with Crippen LogP contribution in [0, 0.1) is 11.3 Å². The standard InChI is InChI=1S/C20H33N3O.2ClH/c1-4-20(5-2,15-21)19(24)22-18-8-6-17(7-9-18)14-23-12-10-16(3)11-13-23;;/h6-9,16H,4-5,10-15,21H2,1-3H3,(H,22,24);2*1H. The van der Waals surface area contributed by atoms with Gasteiger partial charge < -0.3 is 11.1 Å². The van der Waals surface area contributed by atoms with Crippen LogP contribution in [0.15, 0.2) is 24.3 Å². The summed E-state index contributed by atoms with van der Waals surface area (Å²) in [6.45, 7) is 10.1.